The predicted octanol–water partition coefficient (Wildman–Crippen LogP) is 3.39. The van der Waals surface area contributed by atoms with Gasteiger partial charge in [-0.1, -0.05) is 18.9 Å². The van der Waals surface area contributed by atoms with Crippen molar-refractivity contribution in [3.8, 4) is 5.75 Å². The van der Waals surface area contributed by atoms with Crippen molar-refractivity contribution in [2.75, 3.05) is 12.4 Å². The molecule has 0 heterocycles. The number of ether oxygens (including phenoxy) is 1. The van der Waals surface area contributed by atoms with E-state index >= 15 is 0 Å². The predicted molar refractivity (Wildman–Crippen MR) is 111 cm³/mol. The number of sulfonamides is 1. The first kappa shape index (κ1) is 21.7. The van der Waals surface area contributed by atoms with Crippen LogP contribution in [0.15, 0.2) is 41.3 Å². The van der Waals surface area contributed by atoms with Crippen LogP contribution in [0.2, 0.25) is 0 Å². The molecule has 160 valence electrons. The molecule has 30 heavy (non-hydrogen) atoms. The van der Waals surface area contributed by atoms with Gasteiger partial charge in [0.05, 0.1) is 12.0 Å². The van der Waals surface area contributed by atoms with E-state index in [1.165, 1.54) is 37.4 Å². The molecule has 2 N–H and O–H groups in total. The molecule has 0 aliphatic heterocycles. The van der Waals surface area contributed by atoms with E-state index in [-0.39, 0.29) is 33.6 Å². The summed E-state index contributed by atoms with van der Waals surface area (Å²) in [6, 6.07) is 8.29. The van der Waals surface area contributed by atoms with Gasteiger partial charge in [-0.3, -0.25) is 14.9 Å². The lowest BCUT2D eigenvalue weighted by molar-refractivity contribution is -0.385. The average molecular weight is 433 g/mol. The lowest BCUT2D eigenvalue weighted by Gasteiger charge is -2.16. The Bertz CT molecular complexity index is 1080. The lowest BCUT2D eigenvalue weighted by Crippen LogP contribution is -2.33. The summed E-state index contributed by atoms with van der Waals surface area (Å²) in [7, 11) is -2.53. The summed E-state index contributed by atoms with van der Waals surface area (Å²) >= 11 is 0. The fraction of sp³-hybridized carbons (Fsp3) is 0.350. The van der Waals surface area contributed by atoms with E-state index < -0.39 is 20.9 Å². The molecule has 2 aromatic carbocycles. The number of rotatable bonds is 7. The number of anilines is 1. The molecule has 10 heteroatoms. The van der Waals surface area contributed by atoms with Crippen LogP contribution >= 0.6 is 0 Å². The van der Waals surface area contributed by atoms with Crippen molar-refractivity contribution in [1.29, 1.82) is 0 Å². The topological polar surface area (TPSA) is 128 Å². The maximum absolute atomic E-state index is 12.9. The Morgan fingerprint density at radius 3 is 2.50 bits per heavy atom. The first-order chi connectivity index (χ1) is 14.2. The third-order valence-corrected chi connectivity index (χ3v) is 6.60. The van der Waals surface area contributed by atoms with Gasteiger partial charge in [0.25, 0.3) is 11.6 Å². The lowest BCUT2D eigenvalue weighted by atomic mass is 10.1. The minimum Gasteiger partial charge on any atom is -0.495 e. The van der Waals surface area contributed by atoms with Gasteiger partial charge >= 0.3 is 0 Å². The molecule has 0 bridgehead atoms. The summed E-state index contributed by atoms with van der Waals surface area (Å²) in [6.07, 6.45) is 3.48. The fourth-order valence-electron chi connectivity index (χ4n) is 3.44. The van der Waals surface area contributed by atoms with Crippen LogP contribution in [-0.4, -0.2) is 32.4 Å². The largest absolute Gasteiger partial charge is 0.495 e. The highest BCUT2D eigenvalue weighted by Gasteiger charge is 2.26. The normalized spacial score (nSPS) is 14.5. The van der Waals surface area contributed by atoms with Gasteiger partial charge in [0.15, 0.2) is 0 Å². The molecule has 1 amide bonds. The van der Waals surface area contributed by atoms with Crippen molar-refractivity contribution in [1.82, 2.24) is 4.72 Å². The van der Waals surface area contributed by atoms with E-state index in [9.17, 15) is 23.3 Å². The first-order valence-corrected chi connectivity index (χ1v) is 11.0. The van der Waals surface area contributed by atoms with Crippen LogP contribution in [0.4, 0.5) is 11.4 Å². The molecule has 1 fully saturated rings. The molecule has 0 aromatic heterocycles. The number of hydrogen-bond donors (Lipinski definition) is 2. The van der Waals surface area contributed by atoms with Gasteiger partial charge in [-0.15, -0.1) is 0 Å². The molecule has 9 nitrogen and oxygen atoms in total. The minimum atomic E-state index is -3.88. The van der Waals surface area contributed by atoms with Crippen LogP contribution in [-0.2, 0) is 10.0 Å². The number of methoxy groups -OCH3 is 1. The van der Waals surface area contributed by atoms with Gasteiger partial charge in [-0.25, -0.2) is 13.1 Å². The number of carbonyl (C=O) groups excluding carboxylic acids is 1. The van der Waals surface area contributed by atoms with Crippen LogP contribution in [0, 0.1) is 17.0 Å². The van der Waals surface area contributed by atoms with Crippen LogP contribution < -0.4 is 14.8 Å². The van der Waals surface area contributed by atoms with E-state index in [1.54, 1.807) is 13.0 Å². The van der Waals surface area contributed by atoms with E-state index in [1.807, 2.05) is 0 Å². The van der Waals surface area contributed by atoms with Crippen molar-refractivity contribution >= 4 is 27.3 Å². The Morgan fingerprint density at radius 2 is 1.87 bits per heavy atom. The molecule has 0 atom stereocenters. The highest BCUT2D eigenvalue weighted by atomic mass is 32.2. The second-order valence-electron chi connectivity index (χ2n) is 7.18. The highest BCUT2D eigenvalue weighted by Crippen LogP contribution is 2.28. The Labute approximate surface area is 174 Å². The van der Waals surface area contributed by atoms with Crippen molar-refractivity contribution in [3.05, 3.63) is 57.6 Å². The Kier molecular flexibility index (Phi) is 6.37. The van der Waals surface area contributed by atoms with Gasteiger partial charge < -0.3 is 10.1 Å². The summed E-state index contributed by atoms with van der Waals surface area (Å²) in [6.45, 7) is 1.60. The monoisotopic (exact) mass is 433 g/mol. The summed E-state index contributed by atoms with van der Waals surface area (Å²) in [5.41, 5.74) is 0.674. The second kappa shape index (κ2) is 8.80. The summed E-state index contributed by atoms with van der Waals surface area (Å²) in [5, 5.41) is 13.7. The fourth-order valence-corrected chi connectivity index (χ4v) is 4.94. The molecule has 1 aliphatic carbocycles. The second-order valence-corrected chi connectivity index (χ2v) is 8.86. The smallest absolute Gasteiger partial charge is 0.274 e. The number of nitrogens with zero attached hydrogens (tertiary/aromatic N) is 1. The number of benzene rings is 2. The standard InChI is InChI=1S/C20H23N3O6S/c1-13-7-9-16(12-17(13)23(25)26)21-20(24)14-8-10-18(29-2)19(11-14)30(27,28)22-15-5-3-4-6-15/h7-12,15,22H,3-6H2,1-2H3,(H,21,24). The quantitative estimate of drug-likeness (QED) is 0.509. The summed E-state index contributed by atoms with van der Waals surface area (Å²) in [5.74, 6) is -0.462. The molecular weight excluding hydrogens is 410 g/mol. The van der Waals surface area contributed by atoms with E-state index in [2.05, 4.69) is 10.0 Å². The minimum absolute atomic E-state index is 0.0887. The zero-order chi connectivity index (χ0) is 21.9. The van der Waals surface area contributed by atoms with Gasteiger partial charge in [0.1, 0.15) is 10.6 Å². The summed E-state index contributed by atoms with van der Waals surface area (Å²) in [4.78, 5) is 23.1. The van der Waals surface area contributed by atoms with Gasteiger partial charge in [-0.05, 0) is 44.0 Å². The number of aryl methyl sites for hydroxylation is 1. The van der Waals surface area contributed by atoms with Crippen molar-refractivity contribution < 1.29 is 22.9 Å². The van der Waals surface area contributed by atoms with Crippen LogP contribution in [0.25, 0.3) is 0 Å². The van der Waals surface area contributed by atoms with E-state index in [0.29, 0.717) is 5.56 Å². The molecular formula is C20H23N3O6S. The molecule has 0 unspecified atom stereocenters. The molecule has 0 saturated heterocycles. The third kappa shape index (κ3) is 4.77. The van der Waals surface area contributed by atoms with Crippen molar-refractivity contribution in [2.45, 2.75) is 43.5 Å². The zero-order valence-corrected chi connectivity index (χ0v) is 17.5. The SMILES string of the molecule is COc1ccc(C(=O)Nc2ccc(C)c([N+](=O)[O-])c2)cc1S(=O)(=O)NC1CCCC1. The van der Waals surface area contributed by atoms with E-state index in [4.69, 9.17) is 4.74 Å². The maximum Gasteiger partial charge on any atom is 0.274 e. The number of nitrogens with one attached hydrogen (secondary N) is 2. The Hall–Kier alpha value is -2.98. The molecule has 3 rings (SSSR count). The van der Waals surface area contributed by atoms with Gasteiger partial charge in [0.2, 0.25) is 10.0 Å². The van der Waals surface area contributed by atoms with Crippen molar-refractivity contribution in [2.24, 2.45) is 0 Å². The first-order valence-electron chi connectivity index (χ1n) is 9.48. The number of nitro groups is 1. The molecule has 0 radical (unpaired) electrons. The maximum atomic E-state index is 12.9. The molecule has 2 aromatic rings. The van der Waals surface area contributed by atoms with Crippen LogP contribution in [0.1, 0.15) is 41.6 Å². The van der Waals surface area contributed by atoms with E-state index in [0.717, 1.165) is 25.7 Å². The number of amides is 1. The third-order valence-electron chi connectivity index (χ3n) is 5.06. The molecule has 0 spiro atoms. The van der Waals surface area contributed by atoms with Crippen LogP contribution in [0.3, 0.4) is 0 Å². The zero-order valence-electron chi connectivity index (χ0n) is 16.7. The van der Waals surface area contributed by atoms with Crippen LogP contribution in [0.5, 0.6) is 5.75 Å². The highest BCUT2D eigenvalue weighted by molar-refractivity contribution is 7.89. The number of hydrogen-bond acceptors (Lipinski definition) is 6. The summed E-state index contributed by atoms with van der Waals surface area (Å²) < 4.78 is 33.6. The van der Waals surface area contributed by atoms with Gasteiger partial charge in [-0.2, -0.15) is 0 Å². The average Bonchev–Trinajstić information content (AvgIpc) is 3.21. The number of nitro benzene ring substituents is 1. The molecule has 1 aliphatic rings. The van der Waals surface area contributed by atoms with Gasteiger partial charge in [0, 0.05) is 28.9 Å². The number of carbonyl (C=O) groups is 1. The Morgan fingerprint density at radius 1 is 1.17 bits per heavy atom. The molecule has 1 saturated carbocycles. The van der Waals surface area contributed by atoms with Crippen molar-refractivity contribution in [3.63, 3.8) is 0 Å². The Balaban J connectivity index is 1.87.